The molecule has 0 spiro atoms. The van der Waals surface area contributed by atoms with Gasteiger partial charge in [0, 0.05) is 11.4 Å². The summed E-state index contributed by atoms with van der Waals surface area (Å²) in [4.78, 5) is 35.3. The van der Waals surface area contributed by atoms with Crippen LogP contribution in [0.4, 0.5) is 0 Å². The molecule has 1 unspecified atom stereocenters. The largest absolute Gasteiger partial charge is 0.351 e. The zero-order chi connectivity index (χ0) is 19.3. The SMILES string of the molecule is CCNC(=O)C[NH+](CC)Cc1nc2sc(C)c(C[C@@H](C)CC)c2c(=O)[nH]1. The molecule has 0 radical (unpaired) electrons. The number of nitrogens with one attached hydrogen (secondary N) is 3. The van der Waals surface area contributed by atoms with E-state index in [4.69, 9.17) is 4.98 Å². The highest BCUT2D eigenvalue weighted by molar-refractivity contribution is 7.18. The molecule has 0 bridgehead atoms. The van der Waals surface area contributed by atoms with Crippen molar-refractivity contribution in [2.24, 2.45) is 5.92 Å². The van der Waals surface area contributed by atoms with Crippen molar-refractivity contribution < 1.29 is 9.69 Å². The number of likely N-dealkylation sites (N-methyl/N-ethyl adjacent to an activating group) is 2. The lowest BCUT2D eigenvalue weighted by atomic mass is 9.98. The predicted molar refractivity (Wildman–Crippen MR) is 107 cm³/mol. The number of fused-ring (bicyclic) bond motifs is 1. The molecule has 3 N–H and O–H groups in total. The Labute approximate surface area is 159 Å². The fourth-order valence-electron chi connectivity index (χ4n) is 3.08. The molecule has 0 aliphatic heterocycles. The summed E-state index contributed by atoms with van der Waals surface area (Å²) < 4.78 is 0. The van der Waals surface area contributed by atoms with Crippen molar-refractivity contribution in [3.8, 4) is 0 Å². The van der Waals surface area contributed by atoms with Crippen LogP contribution >= 0.6 is 11.3 Å². The summed E-state index contributed by atoms with van der Waals surface area (Å²) in [5.41, 5.74) is 1.09. The Hall–Kier alpha value is -1.73. The predicted octanol–water partition coefficient (Wildman–Crippen LogP) is 1.42. The van der Waals surface area contributed by atoms with Gasteiger partial charge in [0.1, 0.15) is 11.4 Å². The number of aryl methyl sites for hydroxylation is 1. The van der Waals surface area contributed by atoms with Crippen molar-refractivity contribution in [3.05, 3.63) is 26.6 Å². The summed E-state index contributed by atoms with van der Waals surface area (Å²) in [5.74, 6) is 1.22. The van der Waals surface area contributed by atoms with Gasteiger partial charge < -0.3 is 15.2 Å². The van der Waals surface area contributed by atoms with E-state index in [1.807, 2.05) is 13.8 Å². The Morgan fingerprint density at radius 1 is 1.35 bits per heavy atom. The van der Waals surface area contributed by atoms with Crippen LogP contribution in [0.5, 0.6) is 0 Å². The molecule has 2 aromatic heterocycles. The number of carbonyl (C=O) groups excluding carboxylic acids is 1. The fraction of sp³-hybridized carbons (Fsp3) is 0.632. The first-order chi connectivity index (χ1) is 12.4. The first-order valence-electron chi connectivity index (χ1n) is 9.50. The van der Waals surface area contributed by atoms with E-state index in [9.17, 15) is 9.59 Å². The van der Waals surface area contributed by atoms with Crippen molar-refractivity contribution in [3.63, 3.8) is 0 Å². The molecular weight excluding hydrogens is 348 g/mol. The third-order valence-electron chi connectivity index (χ3n) is 4.86. The van der Waals surface area contributed by atoms with Crippen LogP contribution in [0.25, 0.3) is 10.2 Å². The minimum absolute atomic E-state index is 0.0237. The van der Waals surface area contributed by atoms with E-state index in [1.165, 1.54) is 4.88 Å². The Morgan fingerprint density at radius 2 is 2.08 bits per heavy atom. The average Bonchev–Trinajstić information content (AvgIpc) is 2.90. The molecule has 0 fully saturated rings. The second kappa shape index (κ2) is 9.28. The summed E-state index contributed by atoms with van der Waals surface area (Å²) >= 11 is 1.60. The molecule has 1 amide bonds. The van der Waals surface area contributed by atoms with Crippen LogP contribution in [0, 0.1) is 12.8 Å². The third kappa shape index (κ3) is 4.92. The van der Waals surface area contributed by atoms with Gasteiger partial charge in [-0.25, -0.2) is 4.98 Å². The number of thiophene rings is 1. The minimum atomic E-state index is -0.0545. The van der Waals surface area contributed by atoms with Gasteiger partial charge in [0.25, 0.3) is 11.5 Å². The van der Waals surface area contributed by atoms with E-state index in [0.29, 0.717) is 31.4 Å². The van der Waals surface area contributed by atoms with Crippen LogP contribution in [0.3, 0.4) is 0 Å². The smallest absolute Gasteiger partial charge is 0.275 e. The van der Waals surface area contributed by atoms with Crippen molar-refractivity contribution >= 4 is 27.5 Å². The fourth-order valence-corrected chi connectivity index (χ4v) is 4.15. The number of hydrogen-bond acceptors (Lipinski definition) is 4. The van der Waals surface area contributed by atoms with E-state index in [0.717, 1.165) is 40.1 Å². The molecule has 6 nitrogen and oxygen atoms in total. The van der Waals surface area contributed by atoms with E-state index in [-0.39, 0.29) is 11.5 Å². The Kier molecular flexibility index (Phi) is 7.34. The van der Waals surface area contributed by atoms with Gasteiger partial charge in [-0.3, -0.25) is 9.59 Å². The summed E-state index contributed by atoms with van der Waals surface area (Å²) in [6.07, 6.45) is 2.00. The van der Waals surface area contributed by atoms with Gasteiger partial charge >= 0.3 is 0 Å². The molecule has 144 valence electrons. The molecule has 2 aromatic rings. The summed E-state index contributed by atoms with van der Waals surface area (Å²) in [5, 5.41) is 3.57. The molecule has 0 aliphatic carbocycles. The number of H-pyrrole nitrogens is 1. The Morgan fingerprint density at radius 3 is 2.69 bits per heavy atom. The number of quaternary nitrogens is 1. The highest BCUT2D eigenvalue weighted by atomic mass is 32.1. The van der Waals surface area contributed by atoms with Crippen molar-refractivity contribution in [2.75, 3.05) is 19.6 Å². The van der Waals surface area contributed by atoms with Crippen LogP contribution in [0.2, 0.25) is 0 Å². The third-order valence-corrected chi connectivity index (χ3v) is 5.90. The highest BCUT2D eigenvalue weighted by Crippen LogP contribution is 2.29. The topological polar surface area (TPSA) is 79.3 Å². The van der Waals surface area contributed by atoms with E-state index >= 15 is 0 Å². The molecule has 7 heteroatoms. The number of aromatic nitrogens is 2. The normalized spacial score (nSPS) is 13.7. The maximum atomic E-state index is 12.7. The number of hydrogen-bond donors (Lipinski definition) is 3. The molecular formula is C19H31N4O2S+. The summed E-state index contributed by atoms with van der Waals surface area (Å²) in [6, 6.07) is 0. The van der Waals surface area contributed by atoms with Crippen LogP contribution in [-0.4, -0.2) is 35.5 Å². The standard InChI is InChI=1S/C19H30N4O2S/c1-6-12(4)9-14-13(5)26-19-17(14)18(25)21-15(22-19)10-23(8-3)11-16(24)20-7-2/h12H,6-11H2,1-5H3,(H,20,24)(H,21,22,25)/p+1/t12-/m0/s1. The minimum Gasteiger partial charge on any atom is -0.351 e. The number of rotatable bonds is 9. The first-order valence-corrected chi connectivity index (χ1v) is 10.3. The molecule has 2 rings (SSSR count). The molecule has 0 aromatic carbocycles. The lowest BCUT2D eigenvalue weighted by molar-refractivity contribution is -0.904. The lowest BCUT2D eigenvalue weighted by Crippen LogP contribution is -3.11. The van der Waals surface area contributed by atoms with E-state index in [1.54, 1.807) is 11.3 Å². The molecule has 2 heterocycles. The van der Waals surface area contributed by atoms with Gasteiger partial charge in [-0.05, 0) is 38.7 Å². The molecule has 0 saturated carbocycles. The maximum Gasteiger partial charge on any atom is 0.275 e. The van der Waals surface area contributed by atoms with E-state index in [2.05, 4.69) is 31.1 Å². The van der Waals surface area contributed by atoms with Crippen LogP contribution in [0.15, 0.2) is 4.79 Å². The Bertz CT molecular complexity index is 812. The van der Waals surface area contributed by atoms with Crippen LogP contribution < -0.4 is 15.8 Å². The van der Waals surface area contributed by atoms with Crippen LogP contribution in [-0.2, 0) is 17.8 Å². The number of nitrogens with zero attached hydrogens (tertiary/aromatic N) is 1. The molecule has 0 aliphatic rings. The number of aromatic amines is 1. The average molecular weight is 380 g/mol. The highest BCUT2D eigenvalue weighted by Gasteiger charge is 2.19. The second-order valence-corrected chi connectivity index (χ2v) is 8.16. The quantitative estimate of drug-likeness (QED) is 0.617. The summed E-state index contributed by atoms with van der Waals surface area (Å²) in [7, 11) is 0. The number of carbonyl (C=O) groups is 1. The van der Waals surface area contributed by atoms with Crippen molar-refractivity contribution in [2.45, 2.75) is 54.0 Å². The van der Waals surface area contributed by atoms with Crippen molar-refractivity contribution in [1.82, 2.24) is 15.3 Å². The van der Waals surface area contributed by atoms with E-state index < -0.39 is 0 Å². The lowest BCUT2D eigenvalue weighted by Gasteiger charge is -2.16. The van der Waals surface area contributed by atoms with Gasteiger partial charge in [-0.15, -0.1) is 11.3 Å². The maximum absolute atomic E-state index is 12.7. The second-order valence-electron chi connectivity index (χ2n) is 6.96. The zero-order valence-corrected chi connectivity index (χ0v) is 17.3. The molecule has 0 saturated heterocycles. The molecule has 2 atom stereocenters. The van der Waals surface area contributed by atoms with Gasteiger partial charge in [-0.1, -0.05) is 20.3 Å². The zero-order valence-electron chi connectivity index (χ0n) is 16.5. The van der Waals surface area contributed by atoms with Gasteiger partial charge in [-0.2, -0.15) is 0 Å². The monoisotopic (exact) mass is 379 g/mol. The van der Waals surface area contributed by atoms with Crippen molar-refractivity contribution in [1.29, 1.82) is 0 Å². The van der Waals surface area contributed by atoms with Gasteiger partial charge in [0.2, 0.25) is 0 Å². The van der Waals surface area contributed by atoms with Gasteiger partial charge in [0.05, 0.1) is 11.9 Å². The number of amides is 1. The summed E-state index contributed by atoms with van der Waals surface area (Å²) in [6.45, 7) is 12.7. The molecule has 26 heavy (non-hydrogen) atoms. The first kappa shape index (κ1) is 20.6. The van der Waals surface area contributed by atoms with Crippen LogP contribution in [0.1, 0.15) is 50.4 Å². The Balaban J connectivity index is 2.28. The van der Waals surface area contributed by atoms with Gasteiger partial charge in [0.15, 0.2) is 12.4 Å².